The lowest BCUT2D eigenvalue weighted by Gasteiger charge is -2.20. The van der Waals surface area contributed by atoms with E-state index in [0.29, 0.717) is 42.1 Å². The third-order valence-electron chi connectivity index (χ3n) is 4.45. The second kappa shape index (κ2) is 8.21. The number of nitrogens with two attached hydrogens (primary N) is 1. The summed E-state index contributed by atoms with van der Waals surface area (Å²) in [5.74, 6) is 1.23. The zero-order chi connectivity index (χ0) is 19.6. The quantitative estimate of drug-likeness (QED) is 0.747. The minimum atomic E-state index is -0.183. The topological polar surface area (TPSA) is 83.7 Å². The number of nitrogen functional groups attached to an aromatic ring is 1. The van der Waals surface area contributed by atoms with Crippen molar-refractivity contribution in [2.24, 2.45) is 0 Å². The SMILES string of the molecule is CN(C)[C@@H]1CCN(C(=O)Nc2cc(Oc3ccc(N)c(Cl)c3Cl)ccn2)C1. The van der Waals surface area contributed by atoms with Gasteiger partial charge in [0.2, 0.25) is 0 Å². The second-order valence-electron chi connectivity index (χ2n) is 6.54. The number of likely N-dealkylation sites (tertiary alicyclic amines) is 1. The van der Waals surface area contributed by atoms with Crippen molar-refractivity contribution >= 4 is 40.7 Å². The Kier molecular flexibility index (Phi) is 5.94. The maximum Gasteiger partial charge on any atom is 0.323 e. The smallest absolute Gasteiger partial charge is 0.323 e. The molecule has 3 rings (SSSR count). The van der Waals surface area contributed by atoms with E-state index in [-0.39, 0.29) is 16.1 Å². The average molecular weight is 410 g/mol. The molecule has 3 N–H and O–H groups in total. The zero-order valence-corrected chi connectivity index (χ0v) is 16.6. The number of urea groups is 1. The first-order chi connectivity index (χ1) is 12.8. The fourth-order valence-corrected chi connectivity index (χ4v) is 3.20. The van der Waals surface area contributed by atoms with Crippen molar-refractivity contribution in [3.8, 4) is 11.5 Å². The maximum atomic E-state index is 12.5. The van der Waals surface area contributed by atoms with Gasteiger partial charge in [0.25, 0.3) is 0 Å². The molecule has 0 unspecified atom stereocenters. The van der Waals surface area contributed by atoms with Crippen LogP contribution in [-0.4, -0.2) is 54.0 Å². The summed E-state index contributed by atoms with van der Waals surface area (Å²) in [7, 11) is 4.03. The Morgan fingerprint density at radius 1 is 1.33 bits per heavy atom. The van der Waals surface area contributed by atoms with Gasteiger partial charge in [-0.15, -0.1) is 0 Å². The number of pyridine rings is 1. The number of ether oxygens (including phenoxy) is 1. The van der Waals surface area contributed by atoms with Crippen LogP contribution in [0.15, 0.2) is 30.5 Å². The molecule has 1 aliphatic heterocycles. The van der Waals surface area contributed by atoms with Gasteiger partial charge in [0, 0.05) is 31.4 Å². The molecule has 0 spiro atoms. The van der Waals surface area contributed by atoms with E-state index >= 15 is 0 Å². The number of hydrogen-bond donors (Lipinski definition) is 2. The third kappa shape index (κ3) is 4.55. The van der Waals surface area contributed by atoms with Crippen molar-refractivity contribution < 1.29 is 9.53 Å². The van der Waals surface area contributed by atoms with Gasteiger partial charge < -0.3 is 20.3 Å². The summed E-state index contributed by atoms with van der Waals surface area (Å²) < 4.78 is 5.76. The monoisotopic (exact) mass is 409 g/mol. The van der Waals surface area contributed by atoms with E-state index in [1.54, 1.807) is 35.4 Å². The Balaban J connectivity index is 1.67. The van der Waals surface area contributed by atoms with Crippen molar-refractivity contribution in [3.63, 3.8) is 0 Å². The number of nitrogens with one attached hydrogen (secondary N) is 1. The molecule has 27 heavy (non-hydrogen) atoms. The molecule has 7 nitrogen and oxygen atoms in total. The van der Waals surface area contributed by atoms with Crippen LogP contribution >= 0.6 is 23.2 Å². The molecule has 9 heteroatoms. The molecule has 144 valence electrons. The largest absolute Gasteiger partial charge is 0.456 e. The molecule has 1 aromatic carbocycles. The van der Waals surface area contributed by atoms with Gasteiger partial charge in [-0.05, 0) is 38.7 Å². The van der Waals surface area contributed by atoms with Crippen LogP contribution in [0.5, 0.6) is 11.5 Å². The van der Waals surface area contributed by atoms with Gasteiger partial charge in [-0.25, -0.2) is 9.78 Å². The average Bonchev–Trinajstić information content (AvgIpc) is 3.13. The summed E-state index contributed by atoms with van der Waals surface area (Å²) in [6.07, 6.45) is 2.50. The highest BCUT2D eigenvalue weighted by molar-refractivity contribution is 6.44. The number of benzene rings is 1. The summed E-state index contributed by atoms with van der Waals surface area (Å²) in [6.45, 7) is 1.40. The number of rotatable bonds is 4. The first-order valence-electron chi connectivity index (χ1n) is 8.45. The number of carbonyl (C=O) groups is 1. The highest BCUT2D eigenvalue weighted by Gasteiger charge is 2.27. The van der Waals surface area contributed by atoms with Crippen LogP contribution < -0.4 is 15.8 Å². The van der Waals surface area contributed by atoms with Gasteiger partial charge in [0.05, 0.1) is 10.7 Å². The summed E-state index contributed by atoms with van der Waals surface area (Å²) in [5, 5.41) is 3.27. The lowest BCUT2D eigenvalue weighted by Crippen LogP contribution is -2.36. The van der Waals surface area contributed by atoms with Crippen LogP contribution in [0.25, 0.3) is 0 Å². The lowest BCUT2D eigenvalue weighted by atomic mass is 10.2. The molecule has 2 heterocycles. The van der Waals surface area contributed by atoms with Crippen molar-refractivity contribution in [1.82, 2.24) is 14.8 Å². The molecule has 1 atom stereocenters. The second-order valence-corrected chi connectivity index (χ2v) is 7.30. The van der Waals surface area contributed by atoms with Crippen LogP contribution in [0, 0.1) is 0 Å². The molecular formula is C18H21Cl2N5O2. The molecule has 2 aromatic rings. The Hall–Kier alpha value is -2.22. The van der Waals surface area contributed by atoms with Crippen LogP contribution in [0.2, 0.25) is 10.0 Å². The van der Waals surface area contributed by atoms with E-state index in [9.17, 15) is 4.79 Å². The number of amides is 2. The van der Waals surface area contributed by atoms with E-state index in [4.69, 9.17) is 33.7 Å². The highest BCUT2D eigenvalue weighted by atomic mass is 35.5. The number of likely N-dealkylation sites (N-methyl/N-ethyl adjacent to an activating group) is 1. The van der Waals surface area contributed by atoms with E-state index < -0.39 is 0 Å². The number of nitrogens with zero attached hydrogens (tertiary/aromatic N) is 3. The van der Waals surface area contributed by atoms with Crippen LogP contribution in [-0.2, 0) is 0 Å². The van der Waals surface area contributed by atoms with Crippen LogP contribution in [0.1, 0.15) is 6.42 Å². The Morgan fingerprint density at radius 2 is 2.11 bits per heavy atom. The number of halogens is 2. The van der Waals surface area contributed by atoms with Crippen molar-refractivity contribution in [3.05, 3.63) is 40.5 Å². The van der Waals surface area contributed by atoms with Gasteiger partial charge in [-0.2, -0.15) is 0 Å². The predicted molar refractivity (Wildman–Crippen MR) is 108 cm³/mol. The lowest BCUT2D eigenvalue weighted by molar-refractivity contribution is 0.216. The summed E-state index contributed by atoms with van der Waals surface area (Å²) in [4.78, 5) is 20.5. The van der Waals surface area contributed by atoms with E-state index in [1.165, 1.54) is 0 Å². The zero-order valence-electron chi connectivity index (χ0n) is 15.1. The maximum absolute atomic E-state index is 12.5. The van der Waals surface area contributed by atoms with Crippen molar-refractivity contribution in [2.75, 3.05) is 38.2 Å². The molecule has 1 fully saturated rings. The molecule has 1 aromatic heterocycles. The Morgan fingerprint density at radius 3 is 2.81 bits per heavy atom. The highest BCUT2D eigenvalue weighted by Crippen LogP contribution is 2.38. The van der Waals surface area contributed by atoms with Gasteiger partial charge >= 0.3 is 6.03 Å². The summed E-state index contributed by atoms with van der Waals surface area (Å²) >= 11 is 12.2. The van der Waals surface area contributed by atoms with Crippen molar-refractivity contribution in [1.29, 1.82) is 0 Å². The predicted octanol–water partition coefficient (Wildman–Crippen LogP) is 3.93. The Bertz CT molecular complexity index is 846. The number of aromatic nitrogens is 1. The molecule has 0 saturated carbocycles. The molecule has 1 aliphatic rings. The molecule has 0 aliphatic carbocycles. The summed E-state index contributed by atoms with van der Waals surface area (Å²) in [5.41, 5.74) is 6.09. The fourth-order valence-electron chi connectivity index (χ4n) is 2.83. The standard InChI is InChI=1S/C18H21Cl2N5O2/c1-24(2)11-6-8-25(10-11)18(26)23-15-9-12(5-7-22-15)27-14-4-3-13(21)16(19)17(14)20/h3-5,7,9,11H,6,8,10,21H2,1-2H3,(H,22,23,26)/t11-/m1/s1. The van der Waals surface area contributed by atoms with E-state index in [0.717, 1.165) is 6.42 Å². The normalized spacial score (nSPS) is 16.6. The number of hydrogen-bond acceptors (Lipinski definition) is 5. The van der Waals surface area contributed by atoms with Gasteiger partial charge in [-0.3, -0.25) is 5.32 Å². The minimum absolute atomic E-state index is 0.183. The molecule has 1 saturated heterocycles. The number of carbonyl (C=O) groups excluding carboxylic acids is 1. The summed E-state index contributed by atoms with van der Waals surface area (Å²) in [6, 6.07) is 6.72. The van der Waals surface area contributed by atoms with E-state index in [2.05, 4.69) is 15.2 Å². The van der Waals surface area contributed by atoms with Gasteiger partial charge in [-0.1, -0.05) is 23.2 Å². The third-order valence-corrected chi connectivity index (χ3v) is 5.33. The van der Waals surface area contributed by atoms with Crippen molar-refractivity contribution in [2.45, 2.75) is 12.5 Å². The first kappa shape index (κ1) is 19.5. The van der Waals surface area contributed by atoms with Gasteiger partial charge in [0.1, 0.15) is 22.3 Å². The van der Waals surface area contributed by atoms with Crippen LogP contribution in [0.3, 0.4) is 0 Å². The molecule has 2 amide bonds. The molecular weight excluding hydrogens is 389 g/mol. The van der Waals surface area contributed by atoms with Gasteiger partial charge in [0.15, 0.2) is 0 Å². The fraction of sp³-hybridized carbons (Fsp3) is 0.333. The number of anilines is 2. The Labute approximate surface area is 168 Å². The molecule has 0 radical (unpaired) electrons. The van der Waals surface area contributed by atoms with E-state index in [1.807, 2.05) is 14.1 Å². The first-order valence-corrected chi connectivity index (χ1v) is 9.20. The minimum Gasteiger partial charge on any atom is -0.456 e. The van der Waals surface area contributed by atoms with Crippen LogP contribution in [0.4, 0.5) is 16.3 Å². The molecule has 0 bridgehead atoms.